The summed E-state index contributed by atoms with van der Waals surface area (Å²) in [6.45, 7) is 7.71. The van der Waals surface area contributed by atoms with Crippen LogP contribution in [0.4, 0.5) is 0 Å². The minimum absolute atomic E-state index is 0.428. The maximum atomic E-state index is 5.25. The van der Waals surface area contributed by atoms with Gasteiger partial charge >= 0.3 is 0 Å². The van der Waals surface area contributed by atoms with Crippen molar-refractivity contribution in [1.82, 2.24) is 5.32 Å². The fourth-order valence-corrected chi connectivity index (χ4v) is 1.73. The zero-order valence-electron chi connectivity index (χ0n) is 10.8. The fraction of sp³-hybridized carbons (Fsp3) is 0.571. The van der Waals surface area contributed by atoms with Gasteiger partial charge in [0, 0.05) is 6.04 Å². The van der Waals surface area contributed by atoms with Gasteiger partial charge in [0.2, 0.25) is 0 Å². The number of benzene rings is 1. The number of methoxy groups -OCH3 is 1. The number of hydrogen-bond donors (Lipinski definition) is 1. The molecule has 0 radical (unpaired) electrons. The topological polar surface area (TPSA) is 21.3 Å². The summed E-state index contributed by atoms with van der Waals surface area (Å²) < 4.78 is 5.25. The lowest BCUT2D eigenvalue weighted by molar-refractivity contribution is 0.411. The molecule has 0 fully saturated rings. The van der Waals surface area contributed by atoms with Gasteiger partial charge in [-0.25, -0.2) is 0 Å². The molecule has 1 N–H and O–H groups in total. The molecule has 1 aromatic carbocycles. The largest absolute Gasteiger partial charge is 0.497 e. The second-order valence-corrected chi connectivity index (χ2v) is 4.54. The Morgan fingerprint density at radius 1 is 1.31 bits per heavy atom. The highest BCUT2D eigenvalue weighted by molar-refractivity contribution is 5.30. The molecule has 2 heteroatoms. The molecule has 2 nitrogen and oxygen atoms in total. The summed E-state index contributed by atoms with van der Waals surface area (Å²) in [6.07, 6.45) is 1.10. The summed E-state index contributed by atoms with van der Waals surface area (Å²) in [5.41, 5.74) is 1.31. The van der Waals surface area contributed by atoms with Crippen molar-refractivity contribution in [3.63, 3.8) is 0 Å². The first kappa shape index (κ1) is 13.0. The molecule has 1 rings (SSSR count). The van der Waals surface area contributed by atoms with Crippen molar-refractivity contribution >= 4 is 0 Å². The van der Waals surface area contributed by atoms with Crippen molar-refractivity contribution in [2.24, 2.45) is 5.92 Å². The van der Waals surface area contributed by atoms with Crippen molar-refractivity contribution in [2.45, 2.75) is 33.2 Å². The fourth-order valence-electron chi connectivity index (χ4n) is 1.73. The van der Waals surface area contributed by atoms with Crippen LogP contribution in [0.15, 0.2) is 24.3 Å². The summed E-state index contributed by atoms with van der Waals surface area (Å²) in [7, 11) is 1.71. The summed E-state index contributed by atoms with van der Waals surface area (Å²) in [5.74, 6) is 1.61. The molecule has 1 unspecified atom stereocenters. The number of hydrogen-bond acceptors (Lipinski definition) is 2. The SMILES string of the molecule is CCC(NCC(C)C)c1cccc(OC)c1. The van der Waals surface area contributed by atoms with Crippen LogP contribution in [0, 0.1) is 5.92 Å². The van der Waals surface area contributed by atoms with E-state index < -0.39 is 0 Å². The monoisotopic (exact) mass is 221 g/mol. The Bertz CT molecular complexity index is 309. The number of rotatable bonds is 6. The standard InChI is InChI=1S/C14H23NO/c1-5-14(15-10-11(2)3)12-7-6-8-13(9-12)16-4/h6-9,11,14-15H,5,10H2,1-4H3. The first-order valence-corrected chi connectivity index (χ1v) is 6.04. The van der Waals surface area contributed by atoms with Gasteiger partial charge in [-0.05, 0) is 36.6 Å². The van der Waals surface area contributed by atoms with Crippen LogP contribution in [0.3, 0.4) is 0 Å². The highest BCUT2D eigenvalue weighted by atomic mass is 16.5. The molecular formula is C14H23NO. The van der Waals surface area contributed by atoms with E-state index in [1.165, 1.54) is 5.56 Å². The lowest BCUT2D eigenvalue weighted by Gasteiger charge is -2.19. The third-order valence-corrected chi connectivity index (χ3v) is 2.68. The molecule has 90 valence electrons. The highest BCUT2D eigenvalue weighted by Gasteiger charge is 2.09. The van der Waals surface area contributed by atoms with E-state index in [1.807, 2.05) is 12.1 Å². The van der Waals surface area contributed by atoms with Gasteiger partial charge in [0.15, 0.2) is 0 Å². The van der Waals surface area contributed by atoms with Crippen LogP contribution < -0.4 is 10.1 Å². The van der Waals surface area contributed by atoms with Crippen molar-refractivity contribution < 1.29 is 4.74 Å². The summed E-state index contributed by atoms with van der Waals surface area (Å²) in [5, 5.41) is 3.58. The van der Waals surface area contributed by atoms with Crippen LogP contribution in [0.2, 0.25) is 0 Å². The average molecular weight is 221 g/mol. The van der Waals surface area contributed by atoms with Gasteiger partial charge in [0.05, 0.1) is 7.11 Å². The van der Waals surface area contributed by atoms with Gasteiger partial charge in [-0.15, -0.1) is 0 Å². The van der Waals surface area contributed by atoms with Crippen LogP contribution in [0.1, 0.15) is 38.8 Å². The van der Waals surface area contributed by atoms with Crippen LogP contribution in [-0.4, -0.2) is 13.7 Å². The van der Waals surface area contributed by atoms with Crippen LogP contribution in [0.5, 0.6) is 5.75 Å². The summed E-state index contributed by atoms with van der Waals surface area (Å²) in [6, 6.07) is 8.73. The van der Waals surface area contributed by atoms with Crippen LogP contribution >= 0.6 is 0 Å². The Morgan fingerprint density at radius 2 is 2.06 bits per heavy atom. The molecule has 16 heavy (non-hydrogen) atoms. The Labute approximate surface area is 99.0 Å². The molecule has 0 aliphatic rings. The van der Waals surface area contributed by atoms with E-state index in [4.69, 9.17) is 4.74 Å². The first-order valence-electron chi connectivity index (χ1n) is 6.04. The zero-order valence-corrected chi connectivity index (χ0v) is 10.8. The molecule has 0 aromatic heterocycles. The Morgan fingerprint density at radius 3 is 2.62 bits per heavy atom. The smallest absolute Gasteiger partial charge is 0.119 e. The van der Waals surface area contributed by atoms with Gasteiger partial charge in [-0.3, -0.25) is 0 Å². The van der Waals surface area contributed by atoms with Gasteiger partial charge in [0.25, 0.3) is 0 Å². The second kappa shape index (κ2) is 6.54. The van der Waals surface area contributed by atoms with Crippen molar-refractivity contribution in [3.8, 4) is 5.75 Å². The molecule has 0 aliphatic heterocycles. The lowest BCUT2D eigenvalue weighted by Crippen LogP contribution is -2.24. The van der Waals surface area contributed by atoms with Gasteiger partial charge in [0.1, 0.15) is 5.75 Å². The first-order chi connectivity index (χ1) is 7.67. The maximum Gasteiger partial charge on any atom is 0.119 e. The van der Waals surface area contributed by atoms with E-state index in [0.29, 0.717) is 12.0 Å². The Hall–Kier alpha value is -1.02. The van der Waals surface area contributed by atoms with Crippen LogP contribution in [0.25, 0.3) is 0 Å². The molecule has 1 atom stereocenters. The quantitative estimate of drug-likeness (QED) is 0.795. The molecule has 0 bridgehead atoms. The molecule has 0 amide bonds. The Kier molecular flexibility index (Phi) is 5.33. The lowest BCUT2D eigenvalue weighted by atomic mass is 10.0. The van der Waals surface area contributed by atoms with Crippen molar-refractivity contribution in [2.75, 3.05) is 13.7 Å². The summed E-state index contributed by atoms with van der Waals surface area (Å²) >= 11 is 0. The second-order valence-electron chi connectivity index (χ2n) is 4.54. The van der Waals surface area contributed by atoms with E-state index in [0.717, 1.165) is 18.7 Å². The molecular weight excluding hydrogens is 198 g/mol. The molecule has 0 saturated heterocycles. The molecule has 0 saturated carbocycles. The molecule has 0 spiro atoms. The highest BCUT2D eigenvalue weighted by Crippen LogP contribution is 2.21. The van der Waals surface area contributed by atoms with E-state index in [9.17, 15) is 0 Å². The number of ether oxygens (including phenoxy) is 1. The third-order valence-electron chi connectivity index (χ3n) is 2.68. The average Bonchev–Trinajstić information content (AvgIpc) is 2.30. The predicted molar refractivity (Wildman–Crippen MR) is 68.9 cm³/mol. The minimum Gasteiger partial charge on any atom is -0.497 e. The maximum absolute atomic E-state index is 5.25. The van der Waals surface area contributed by atoms with Gasteiger partial charge in [-0.1, -0.05) is 32.9 Å². The Balaban J connectivity index is 2.70. The molecule has 0 heterocycles. The van der Waals surface area contributed by atoms with E-state index in [-0.39, 0.29) is 0 Å². The predicted octanol–water partition coefficient (Wildman–Crippen LogP) is 3.39. The third kappa shape index (κ3) is 3.86. The van der Waals surface area contributed by atoms with E-state index >= 15 is 0 Å². The van der Waals surface area contributed by atoms with Crippen LogP contribution in [-0.2, 0) is 0 Å². The number of nitrogens with one attached hydrogen (secondary N) is 1. The van der Waals surface area contributed by atoms with E-state index in [1.54, 1.807) is 7.11 Å². The molecule has 0 aliphatic carbocycles. The normalized spacial score (nSPS) is 12.8. The van der Waals surface area contributed by atoms with Gasteiger partial charge < -0.3 is 10.1 Å². The molecule has 1 aromatic rings. The van der Waals surface area contributed by atoms with Crippen molar-refractivity contribution in [3.05, 3.63) is 29.8 Å². The minimum atomic E-state index is 0.428. The van der Waals surface area contributed by atoms with Crippen molar-refractivity contribution in [1.29, 1.82) is 0 Å². The van der Waals surface area contributed by atoms with E-state index in [2.05, 4.69) is 38.2 Å². The summed E-state index contributed by atoms with van der Waals surface area (Å²) in [4.78, 5) is 0. The zero-order chi connectivity index (χ0) is 12.0. The van der Waals surface area contributed by atoms with Gasteiger partial charge in [-0.2, -0.15) is 0 Å².